The Hall–Kier alpha value is -1.87. The van der Waals surface area contributed by atoms with E-state index in [1.54, 1.807) is 0 Å². The molecule has 3 heteroatoms. The number of methoxy groups -OCH3 is 1. The Morgan fingerprint density at radius 1 is 1.24 bits per heavy atom. The van der Waals surface area contributed by atoms with Crippen LogP contribution < -0.4 is 5.73 Å². The number of hydrogen-bond donors (Lipinski definition) is 1. The Balaban J connectivity index is 2.26. The van der Waals surface area contributed by atoms with Gasteiger partial charge < -0.3 is 10.5 Å². The zero-order valence-electron chi connectivity index (χ0n) is 9.72. The number of carbonyl (C=O) groups excluding carboxylic acids is 1. The molecule has 0 aromatic heterocycles. The first kappa shape index (κ1) is 11.6. The van der Waals surface area contributed by atoms with Crippen molar-refractivity contribution >= 4 is 16.7 Å². The molecule has 0 saturated heterocycles. The maximum absolute atomic E-state index is 11.2. The molecule has 0 bridgehead atoms. The smallest absolute Gasteiger partial charge is 0.307 e. The zero-order valence-corrected chi connectivity index (χ0v) is 9.72. The SMILES string of the molecule is COC(=O)CC(N)c1ccc2ccccc2c1. The van der Waals surface area contributed by atoms with Gasteiger partial charge in [-0.3, -0.25) is 4.79 Å². The third-order valence-corrected chi connectivity index (χ3v) is 2.82. The van der Waals surface area contributed by atoms with Crippen LogP contribution >= 0.6 is 0 Å². The van der Waals surface area contributed by atoms with Gasteiger partial charge in [-0.25, -0.2) is 0 Å². The van der Waals surface area contributed by atoms with Crippen LogP contribution in [0.2, 0.25) is 0 Å². The van der Waals surface area contributed by atoms with Gasteiger partial charge in [-0.05, 0) is 22.4 Å². The molecule has 1 atom stereocenters. The van der Waals surface area contributed by atoms with E-state index >= 15 is 0 Å². The summed E-state index contributed by atoms with van der Waals surface area (Å²) in [7, 11) is 1.37. The normalized spacial score (nSPS) is 12.4. The minimum absolute atomic E-state index is 0.203. The van der Waals surface area contributed by atoms with Crippen LogP contribution in [0, 0.1) is 0 Å². The summed E-state index contributed by atoms with van der Waals surface area (Å²) in [5.41, 5.74) is 6.91. The Labute approximate surface area is 100 Å². The number of hydrogen-bond acceptors (Lipinski definition) is 3. The number of esters is 1. The van der Waals surface area contributed by atoms with E-state index in [0.29, 0.717) is 0 Å². The molecule has 88 valence electrons. The highest BCUT2D eigenvalue weighted by atomic mass is 16.5. The summed E-state index contributed by atoms with van der Waals surface area (Å²) in [6.45, 7) is 0. The molecule has 1 unspecified atom stereocenters. The lowest BCUT2D eigenvalue weighted by Crippen LogP contribution is -2.16. The molecule has 0 aliphatic carbocycles. The van der Waals surface area contributed by atoms with Crippen LogP contribution in [-0.2, 0) is 9.53 Å². The lowest BCUT2D eigenvalue weighted by molar-refractivity contribution is -0.141. The number of rotatable bonds is 3. The summed E-state index contributed by atoms with van der Waals surface area (Å²) >= 11 is 0. The van der Waals surface area contributed by atoms with Gasteiger partial charge in [0.05, 0.1) is 13.5 Å². The van der Waals surface area contributed by atoms with Gasteiger partial charge in [0.25, 0.3) is 0 Å². The van der Waals surface area contributed by atoms with Crippen molar-refractivity contribution in [2.75, 3.05) is 7.11 Å². The number of fused-ring (bicyclic) bond motifs is 1. The van der Waals surface area contributed by atoms with Crippen molar-refractivity contribution in [1.82, 2.24) is 0 Å². The van der Waals surface area contributed by atoms with Crippen LogP contribution in [0.1, 0.15) is 18.0 Å². The fraction of sp³-hybridized carbons (Fsp3) is 0.214. The summed E-state index contributed by atoms with van der Waals surface area (Å²) in [6, 6.07) is 13.7. The molecule has 0 radical (unpaired) electrons. The van der Waals surface area contributed by atoms with Crippen molar-refractivity contribution in [2.45, 2.75) is 12.5 Å². The summed E-state index contributed by atoms with van der Waals surface area (Å²) in [4.78, 5) is 11.2. The topological polar surface area (TPSA) is 52.3 Å². The van der Waals surface area contributed by atoms with Gasteiger partial charge in [0.2, 0.25) is 0 Å². The highest BCUT2D eigenvalue weighted by Crippen LogP contribution is 2.21. The van der Waals surface area contributed by atoms with Crippen LogP contribution in [0.4, 0.5) is 0 Å². The maximum atomic E-state index is 11.2. The molecule has 0 amide bonds. The lowest BCUT2D eigenvalue weighted by Gasteiger charge is -2.11. The van der Waals surface area contributed by atoms with E-state index < -0.39 is 0 Å². The zero-order chi connectivity index (χ0) is 12.3. The average molecular weight is 229 g/mol. The van der Waals surface area contributed by atoms with E-state index in [1.807, 2.05) is 42.5 Å². The molecule has 0 heterocycles. The number of carbonyl (C=O) groups is 1. The standard InChI is InChI=1S/C14H15NO2/c1-17-14(16)9-13(15)12-7-6-10-4-2-3-5-11(10)8-12/h2-8,13H,9,15H2,1H3. The van der Waals surface area contributed by atoms with Gasteiger partial charge in [0.15, 0.2) is 0 Å². The minimum Gasteiger partial charge on any atom is -0.469 e. The molecule has 0 aliphatic rings. The quantitative estimate of drug-likeness (QED) is 0.822. The first-order valence-corrected chi connectivity index (χ1v) is 5.52. The van der Waals surface area contributed by atoms with Crippen molar-refractivity contribution in [3.05, 3.63) is 48.0 Å². The van der Waals surface area contributed by atoms with Crippen molar-refractivity contribution < 1.29 is 9.53 Å². The molecule has 3 nitrogen and oxygen atoms in total. The van der Waals surface area contributed by atoms with E-state index in [0.717, 1.165) is 10.9 Å². The van der Waals surface area contributed by atoms with Crippen LogP contribution in [-0.4, -0.2) is 13.1 Å². The molecular weight excluding hydrogens is 214 g/mol. The Morgan fingerprint density at radius 3 is 2.65 bits per heavy atom. The van der Waals surface area contributed by atoms with E-state index in [1.165, 1.54) is 12.5 Å². The maximum Gasteiger partial charge on any atom is 0.307 e. The highest BCUT2D eigenvalue weighted by Gasteiger charge is 2.11. The third kappa shape index (κ3) is 2.63. The predicted molar refractivity (Wildman–Crippen MR) is 67.5 cm³/mol. The van der Waals surface area contributed by atoms with E-state index in [4.69, 9.17) is 5.73 Å². The Morgan fingerprint density at radius 2 is 1.94 bits per heavy atom. The first-order chi connectivity index (χ1) is 8.20. The summed E-state index contributed by atoms with van der Waals surface area (Å²) in [6.07, 6.45) is 0.203. The Bertz CT molecular complexity index is 536. The molecule has 17 heavy (non-hydrogen) atoms. The average Bonchev–Trinajstić information content (AvgIpc) is 2.38. The number of benzene rings is 2. The van der Waals surface area contributed by atoms with Crippen molar-refractivity contribution in [2.24, 2.45) is 5.73 Å². The second-order valence-corrected chi connectivity index (χ2v) is 3.99. The summed E-state index contributed by atoms with van der Waals surface area (Å²) < 4.78 is 4.61. The van der Waals surface area contributed by atoms with Crippen molar-refractivity contribution in [3.63, 3.8) is 0 Å². The molecular formula is C14H15NO2. The molecule has 0 aliphatic heterocycles. The van der Waals surface area contributed by atoms with E-state index in [2.05, 4.69) is 4.74 Å². The fourth-order valence-corrected chi connectivity index (χ4v) is 1.82. The predicted octanol–water partition coefficient (Wildman–Crippen LogP) is 2.40. The molecule has 0 spiro atoms. The minimum atomic E-state index is -0.313. The molecule has 0 saturated carbocycles. The van der Waals surface area contributed by atoms with Gasteiger partial charge in [0.1, 0.15) is 0 Å². The van der Waals surface area contributed by atoms with Crippen LogP contribution in [0.3, 0.4) is 0 Å². The summed E-state index contributed by atoms with van der Waals surface area (Å²) in [5, 5.41) is 2.30. The molecule has 2 aromatic carbocycles. The van der Waals surface area contributed by atoms with Crippen LogP contribution in [0.5, 0.6) is 0 Å². The second kappa shape index (κ2) is 4.97. The Kier molecular flexibility index (Phi) is 3.40. The highest BCUT2D eigenvalue weighted by molar-refractivity contribution is 5.83. The van der Waals surface area contributed by atoms with Gasteiger partial charge in [-0.1, -0.05) is 36.4 Å². The largest absolute Gasteiger partial charge is 0.469 e. The third-order valence-electron chi connectivity index (χ3n) is 2.82. The second-order valence-electron chi connectivity index (χ2n) is 3.99. The van der Waals surface area contributed by atoms with Crippen molar-refractivity contribution in [1.29, 1.82) is 0 Å². The van der Waals surface area contributed by atoms with Crippen molar-refractivity contribution in [3.8, 4) is 0 Å². The van der Waals surface area contributed by atoms with Gasteiger partial charge >= 0.3 is 5.97 Å². The molecule has 2 aromatic rings. The van der Waals surface area contributed by atoms with Gasteiger partial charge in [0, 0.05) is 6.04 Å². The van der Waals surface area contributed by atoms with Gasteiger partial charge in [-0.2, -0.15) is 0 Å². The number of ether oxygens (including phenoxy) is 1. The monoisotopic (exact) mass is 229 g/mol. The first-order valence-electron chi connectivity index (χ1n) is 5.52. The molecule has 2 N–H and O–H groups in total. The molecule has 2 rings (SSSR count). The summed E-state index contributed by atoms with van der Waals surface area (Å²) in [5.74, 6) is -0.286. The van der Waals surface area contributed by atoms with Gasteiger partial charge in [-0.15, -0.1) is 0 Å². The van der Waals surface area contributed by atoms with Crippen LogP contribution in [0.15, 0.2) is 42.5 Å². The van der Waals surface area contributed by atoms with Crippen LogP contribution in [0.25, 0.3) is 10.8 Å². The number of nitrogens with two attached hydrogens (primary N) is 1. The van der Waals surface area contributed by atoms with E-state index in [-0.39, 0.29) is 18.4 Å². The van der Waals surface area contributed by atoms with E-state index in [9.17, 15) is 4.79 Å². The molecule has 0 fully saturated rings. The lowest BCUT2D eigenvalue weighted by atomic mass is 10.0. The fourth-order valence-electron chi connectivity index (χ4n) is 1.82.